The molecule has 0 aliphatic carbocycles. The molecule has 4 nitrogen and oxygen atoms in total. The Morgan fingerprint density at radius 2 is 2.15 bits per heavy atom. The highest BCUT2D eigenvalue weighted by molar-refractivity contribution is 5.75. The lowest BCUT2D eigenvalue weighted by Gasteiger charge is -2.10. The molecule has 0 radical (unpaired) electrons. The zero-order valence-electron chi connectivity index (χ0n) is 11.8. The van der Waals surface area contributed by atoms with Crippen molar-refractivity contribution in [2.75, 3.05) is 0 Å². The second kappa shape index (κ2) is 5.13. The highest BCUT2D eigenvalue weighted by Crippen LogP contribution is 2.22. The second-order valence-electron chi connectivity index (χ2n) is 5.06. The van der Waals surface area contributed by atoms with E-state index in [0.717, 1.165) is 29.2 Å². The summed E-state index contributed by atoms with van der Waals surface area (Å²) in [6.07, 6.45) is 2.44. The van der Waals surface area contributed by atoms with E-state index >= 15 is 0 Å². The molecular weight excluding hydrogens is 250 g/mol. The number of hydrogen-bond acceptors (Lipinski definition) is 3. The van der Waals surface area contributed by atoms with E-state index < -0.39 is 0 Å². The topological polar surface area (TPSA) is 57.0 Å². The van der Waals surface area contributed by atoms with E-state index in [1.54, 1.807) is 6.26 Å². The molecule has 20 heavy (non-hydrogen) atoms. The predicted molar refractivity (Wildman–Crippen MR) is 79.5 cm³/mol. The Balaban J connectivity index is 1.94. The molecule has 0 saturated heterocycles. The van der Waals surface area contributed by atoms with E-state index in [2.05, 4.69) is 17.6 Å². The maximum absolute atomic E-state index is 6.27. The monoisotopic (exact) mass is 269 g/mol. The number of hydrogen-bond donors (Lipinski definition) is 1. The molecule has 0 aliphatic rings. The van der Waals surface area contributed by atoms with Crippen LogP contribution in [0.4, 0.5) is 0 Å². The number of aryl methyl sites for hydroxylation is 2. The minimum absolute atomic E-state index is 0.0884. The van der Waals surface area contributed by atoms with Crippen LogP contribution in [0, 0.1) is 6.92 Å². The molecule has 1 aromatic carbocycles. The summed E-state index contributed by atoms with van der Waals surface area (Å²) in [6, 6.07) is 10.1. The summed E-state index contributed by atoms with van der Waals surface area (Å²) >= 11 is 0. The maximum atomic E-state index is 6.27. The molecule has 4 heteroatoms. The van der Waals surface area contributed by atoms with Crippen molar-refractivity contribution in [3.05, 3.63) is 53.7 Å². The lowest BCUT2D eigenvalue weighted by Crippen LogP contribution is -2.15. The first-order chi connectivity index (χ1) is 9.69. The van der Waals surface area contributed by atoms with Crippen LogP contribution >= 0.6 is 0 Å². The van der Waals surface area contributed by atoms with Crippen molar-refractivity contribution >= 4 is 11.0 Å². The van der Waals surface area contributed by atoms with E-state index in [4.69, 9.17) is 15.1 Å². The molecule has 3 aromatic rings. The van der Waals surface area contributed by atoms with E-state index in [-0.39, 0.29) is 6.04 Å². The molecule has 3 rings (SSSR count). The third-order valence-electron chi connectivity index (χ3n) is 3.63. The highest BCUT2D eigenvalue weighted by Gasteiger charge is 2.15. The molecule has 2 aromatic heterocycles. The van der Waals surface area contributed by atoms with Gasteiger partial charge in [-0.1, -0.05) is 12.1 Å². The molecule has 1 atom stereocenters. The molecule has 0 saturated carbocycles. The quantitative estimate of drug-likeness (QED) is 0.791. The summed E-state index contributed by atoms with van der Waals surface area (Å²) in [5.74, 6) is 1.92. The number of nitrogens with two attached hydrogens (primary N) is 1. The Bertz CT molecular complexity index is 726. The first-order valence-electron chi connectivity index (χ1n) is 6.93. The normalized spacial score (nSPS) is 12.9. The minimum atomic E-state index is -0.0884. The molecule has 0 amide bonds. The Kier molecular flexibility index (Phi) is 3.32. The fourth-order valence-electron chi connectivity index (χ4n) is 2.61. The zero-order chi connectivity index (χ0) is 14.1. The SMILES string of the molecule is CCn1c(CC(N)c2coc(C)c2)nc2ccccc21. The van der Waals surface area contributed by atoms with Gasteiger partial charge in [0, 0.05) is 24.6 Å². The van der Waals surface area contributed by atoms with E-state index in [9.17, 15) is 0 Å². The van der Waals surface area contributed by atoms with Crippen LogP contribution < -0.4 is 5.73 Å². The van der Waals surface area contributed by atoms with Gasteiger partial charge in [0.2, 0.25) is 0 Å². The van der Waals surface area contributed by atoms with Crippen LogP contribution in [0.5, 0.6) is 0 Å². The van der Waals surface area contributed by atoms with Crippen molar-refractivity contribution in [1.29, 1.82) is 0 Å². The fraction of sp³-hybridized carbons (Fsp3) is 0.312. The minimum Gasteiger partial charge on any atom is -0.469 e. The standard InChI is InChI=1S/C16H19N3O/c1-3-19-15-7-5-4-6-14(15)18-16(19)9-13(17)12-8-11(2)20-10-12/h4-8,10,13H,3,9,17H2,1-2H3. The second-order valence-corrected chi connectivity index (χ2v) is 5.06. The van der Waals surface area contributed by atoms with Crippen LogP contribution in [0.2, 0.25) is 0 Å². The number of imidazole rings is 1. The van der Waals surface area contributed by atoms with Crippen molar-refractivity contribution in [3.8, 4) is 0 Å². The van der Waals surface area contributed by atoms with Gasteiger partial charge in [0.1, 0.15) is 11.6 Å². The molecule has 0 aliphatic heterocycles. The fourth-order valence-corrected chi connectivity index (χ4v) is 2.61. The lowest BCUT2D eigenvalue weighted by atomic mass is 10.1. The zero-order valence-corrected chi connectivity index (χ0v) is 11.8. The number of fused-ring (bicyclic) bond motifs is 1. The van der Waals surface area contributed by atoms with Crippen molar-refractivity contribution in [3.63, 3.8) is 0 Å². The van der Waals surface area contributed by atoms with Gasteiger partial charge in [-0.05, 0) is 32.0 Å². The van der Waals surface area contributed by atoms with Gasteiger partial charge < -0.3 is 14.7 Å². The number of aromatic nitrogens is 2. The van der Waals surface area contributed by atoms with E-state index in [1.807, 2.05) is 31.2 Å². The Morgan fingerprint density at radius 3 is 2.85 bits per heavy atom. The van der Waals surface area contributed by atoms with Gasteiger partial charge in [0.25, 0.3) is 0 Å². The molecule has 104 valence electrons. The number of benzene rings is 1. The largest absolute Gasteiger partial charge is 0.469 e. The Hall–Kier alpha value is -2.07. The van der Waals surface area contributed by atoms with Crippen molar-refractivity contribution < 1.29 is 4.42 Å². The van der Waals surface area contributed by atoms with Crippen molar-refractivity contribution in [1.82, 2.24) is 9.55 Å². The average Bonchev–Trinajstić information content (AvgIpc) is 3.01. The van der Waals surface area contributed by atoms with Crippen LogP contribution in [-0.4, -0.2) is 9.55 Å². The molecular formula is C16H19N3O. The Labute approximate surface area is 118 Å². The summed E-state index contributed by atoms with van der Waals surface area (Å²) in [5.41, 5.74) is 9.49. The highest BCUT2D eigenvalue weighted by atomic mass is 16.3. The van der Waals surface area contributed by atoms with Crippen molar-refractivity contribution in [2.24, 2.45) is 5.73 Å². The third kappa shape index (κ3) is 2.23. The number of para-hydroxylation sites is 2. The van der Waals surface area contributed by atoms with Crippen LogP contribution in [-0.2, 0) is 13.0 Å². The lowest BCUT2D eigenvalue weighted by molar-refractivity contribution is 0.527. The molecule has 0 spiro atoms. The summed E-state index contributed by atoms with van der Waals surface area (Å²) in [7, 11) is 0. The molecule has 2 heterocycles. The van der Waals surface area contributed by atoms with Gasteiger partial charge in [-0.15, -0.1) is 0 Å². The van der Waals surface area contributed by atoms with Gasteiger partial charge in [-0.25, -0.2) is 4.98 Å². The van der Waals surface area contributed by atoms with Gasteiger partial charge in [-0.2, -0.15) is 0 Å². The first kappa shape index (κ1) is 12.9. The predicted octanol–water partition coefficient (Wildman–Crippen LogP) is 3.20. The molecule has 1 unspecified atom stereocenters. The van der Waals surface area contributed by atoms with Crippen LogP contribution in [0.1, 0.15) is 30.1 Å². The van der Waals surface area contributed by atoms with Crippen LogP contribution in [0.3, 0.4) is 0 Å². The summed E-state index contributed by atoms with van der Waals surface area (Å²) in [6.45, 7) is 4.95. The van der Waals surface area contributed by atoms with E-state index in [0.29, 0.717) is 6.42 Å². The van der Waals surface area contributed by atoms with Gasteiger partial charge in [0.15, 0.2) is 0 Å². The number of rotatable bonds is 4. The first-order valence-corrected chi connectivity index (χ1v) is 6.93. The summed E-state index contributed by atoms with van der Waals surface area (Å²) < 4.78 is 7.56. The smallest absolute Gasteiger partial charge is 0.111 e. The van der Waals surface area contributed by atoms with Crippen LogP contribution in [0.15, 0.2) is 41.0 Å². The average molecular weight is 269 g/mol. The van der Waals surface area contributed by atoms with E-state index in [1.165, 1.54) is 5.52 Å². The van der Waals surface area contributed by atoms with Crippen LogP contribution in [0.25, 0.3) is 11.0 Å². The Morgan fingerprint density at radius 1 is 1.35 bits per heavy atom. The molecule has 0 bridgehead atoms. The molecule has 2 N–H and O–H groups in total. The van der Waals surface area contributed by atoms with Crippen molar-refractivity contribution in [2.45, 2.75) is 32.9 Å². The summed E-state index contributed by atoms with van der Waals surface area (Å²) in [5, 5.41) is 0. The number of nitrogens with zero attached hydrogens (tertiary/aromatic N) is 2. The van der Waals surface area contributed by atoms with Gasteiger partial charge >= 0.3 is 0 Å². The van der Waals surface area contributed by atoms with Gasteiger partial charge in [0.05, 0.1) is 17.3 Å². The summed E-state index contributed by atoms with van der Waals surface area (Å²) in [4.78, 5) is 4.71. The maximum Gasteiger partial charge on any atom is 0.111 e. The van der Waals surface area contributed by atoms with Gasteiger partial charge in [-0.3, -0.25) is 0 Å². The molecule has 0 fully saturated rings. The third-order valence-corrected chi connectivity index (χ3v) is 3.63. The number of furan rings is 1.